The second kappa shape index (κ2) is 3.70. The zero-order valence-electron chi connectivity index (χ0n) is 6.74. The van der Waals surface area contributed by atoms with Crippen molar-refractivity contribution in [1.82, 2.24) is 18.1 Å². The van der Waals surface area contributed by atoms with E-state index in [-0.39, 0.29) is 5.91 Å². The summed E-state index contributed by atoms with van der Waals surface area (Å²) in [4.78, 5) is 15.3. The number of carbonyl (C=O) groups excluding carboxylic acids is 1. The SMILES string of the molecule is O=C(NI)c1cnc2ccc(Cl)nn12. The van der Waals surface area contributed by atoms with Gasteiger partial charge in [0.2, 0.25) is 0 Å². The Kier molecular flexibility index (Phi) is 2.55. The number of amides is 1. The molecule has 72 valence electrons. The van der Waals surface area contributed by atoms with Gasteiger partial charge in [0.05, 0.1) is 29.1 Å². The molecule has 0 saturated heterocycles. The molecule has 0 bridgehead atoms. The number of rotatable bonds is 1. The van der Waals surface area contributed by atoms with Crippen molar-refractivity contribution in [1.29, 1.82) is 0 Å². The van der Waals surface area contributed by atoms with Gasteiger partial charge < -0.3 is 0 Å². The maximum absolute atomic E-state index is 11.3. The Balaban J connectivity index is 2.67. The highest BCUT2D eigenvalue weighted by Gasteiger charge is 2.11. The molecule has 2 heterocycles. The molecule has 0 aliphatic rings. The number of fused-ring (bicyclic) bond motifs is 1. The van der Waals surface area contributed by atoms with Gasteiger partial charge in [-0.3, -0.25) is 8.32 Å². The Morgan fingerprint density at radius 3 is 3.07 bits per heavy atom. The van der Waals surface area contributed by atoms with E-state index in [2.05, 4.69) is 13.6 Å². The van der Waals surface area contributed by atoms with Crippen molar-refractivity contribution in [2.24, 2.45) is 0 Å². The lowest BCUT2D eigenvalue weighted by Gasteiger charge is -1.97. The Hall–Kier alpha value is -0.890. The predicted molar refractivity (Wildman–Crippen MR) is 59.5 cm³/mol. The van der Waals surface area contributed by atoms with Crippen LogP contribution in [0.15, 0.2) is 18.3 Å². The van der Waals surface area contributed by atoms with Crippen LogP contribution in [0.3, 0.4) is 0 Å². The Morgan fingerprint density at radius 1 is 1.57 bits per heavy atom. The monoisotopic (exact) mass is 322 g/mol. The number of hydrogen-bond donors (Lipinski definition) is 1. The Labute approximate surface area is 98.0 Å². The summed E-state index contributed by atoms with van der Waals surface area (Å²) < 4.78 is 3.87. The van der Waals surface area contributed by atoms with Crippen molar-refractivity contribution in [3.8, 4) is 0 Å². The predicted octanol–water partition coefficient (Wildman–Crippen LogP) is 1.46. The standard InChI is InChI=1S/C7H4ClIN4O/c8-5-1-2-6-10-3-4(7(14)11-9)13(6)12-5/h1-3H,(H,11,14). The fraction of sp³-hybridized carbons (Fsp3) is 0. The Morgan fingerprint density at radius 2 is 2.36 bits per heavy atom. The highest BCUT2D eigenvalue weighted by Crippen LogP contribution is 2.09. The van der Waals surface area contributed by atoms with E-state index in [1.807, 2.05) is 0 Å². The van der Waals surface area contributed by atoms with E-state index >= 15 is 0 Å². The van der Waals surface area contributed by atoms with Crippen LogP contribution in [-0.2, 0) is 0 Å². The molecule has 2 aromatic rings. The van der Waals surface area contributed by atoms with Crippen molar-refractivity contribution in [3.05, 3.63) is 29.2 Å². The van der Waals surface area contributed by atoms with Gasteiger partial charge in [-0.2, -0.15) is 5.10 Å². The second-order valence-electron chi connectivity index (χ2n) is 2.49. The van der Waals surface area contributed by atoms with Gasteiger partial charge in [0.1, 0.15) is 5.15 Å². The first-order valence-corrected chi connectivity index (χ1v) is 5.09. The molecule has 5 nitrogen and oxygen atoms in total. The average Bonchev–Trinajstić information content (AvgIpc) is 2.59. The summed E-state index contributed by atoms with van der Waals surface area (Å²) in [6, 6.07) is 3.31. The molecule has 14 heavy (non-hydrogen) atoms. The topological polar surface area (TPSA) is 59.3 Å². The van der Waals surface area contributed by atoms with Gasteiger partial charge >= 0.3 is 0 Å². The Bertz CT molecular complexity index is 497. The summed E-state index contributed by atoms with van der Waals surface area (Å²) >= 11 is 7.46. The molecule has 0 aliphatic heterocycles. The van der Waals surface area contributed by atoms with E-state index in [1.165, 1.54) is 10.7 Å². The molecule has 0 saturated carbocycles. The molecule has 2 rings (SSSR count). The smallest absolute Gasteiger partial charge is 0.280 e. The van der Waals surface area contributed by atoms with Crippen LogP contribution in [0.4, 0.5) is 0 Å². The molecule has 0 unspecified atom stereocenters. The number of nitrogens with zero attached hydrogens (tertiary/aromatic N) is 3. The molecule has 0 aromatic carbocycles. The maximum atomic E-state index is 11.3. The van der Waals surface area contributed by atoms with Gasteiger partial charge in [0, 0.05) is 0 Å². The van der Waals surface area contributed by atoms with Crippen LogP contribution in [0.5, 0.6) is 0 Å². The van der Waals surface area contributed by atoms with Gasteiger partial charge in [-0.05, 0) is 12.1 Å². The summed E-state index contributed by atoms with van der Waals surface area (Å²) in [7, 11) is 0. The third-order valence-electron chi connectivity index (χ3n) is 1.65. The third kappa shape index (κ3) is 1.55. The van der Waals surface area contributed by atoms with Crippen LogP contribution in [0.25, 0.3) is 5.65 Å². The van der Waals surface area contributed by atoms with Crippen molar-refractivity contribution < 1.29 is 4.79 Å². The summed E-state index contributed by atoms with van der Waals surface area (Å²) in [5.41, 5.74) is 0.946. The fourth-order valence-electron chi connectivity index (χ4n) is 1.05. The maximum Gasteiger partial charge on any atom is 0.280 e. The average molecular weight is 322 g/mol. The molecule has 1 amide bonds. The van der Waals surface area contributed by atoms with Crippen molar-refractivity contribution in [3.63, 3.8) is 0 Å². The lowest BCUT2D eigenvalue weighted by atomic mass is 10.5. The van der Waals surface area contributed by atoms with E-state index in [4.69, 9.17) is 11.6 Å². The van der Waals surface area contributed by atoms with Crippen LogP contribution in [-0.4, -0.2) is 20.5 Å². The first-order valence-electron chi connectivity index (χ1n) is 3.63. The van der Waals surface area contributed by atoms with Crippen LogP contribution in [0, 0.1) is 0 Å². The zero-order chi connectivity index (χ0) is 10.1. The summed E-state index contributed by atoms with van der Waals surface area (Å²) in [6.45, 7) is 0. The molecule has 7 heteroatoms. The van der Waals surface area contributed by atoms with E-state index in [0.29, 0.717) is 16.5 Å². The third-order valence-corrected chi connectivity index (χ3v) is 2.34. The molecule has 0 fully saturated rings. The normalized spacial score (nSPS) is 10.4. The van der Waals surface area contributed by atoms with Gasteiger partial charge in [-0.1, -0.05) is 11.6 Å². The first-order chi connectivity index (χ1) is 6.72. The molecule has 0 radical (unpaired) electrons. The van der Waals surface area contributed by atoms with Crippen molar-refractivity contribution in [2.45, 2.75) is 0 Å². The van der Waals surface area contributed by atoms with Crippen LogP contribution in [0.1, 0.15) is 10.5 Å². The minimum absolute atomic E-state index is 0.257. The number of carbonyl (C=O) groups is 1. The van der Waals surface area contributed by atoms with Gasteiger partial charge in [0.25, 0.3) is 5.91 Å². The van der Waals surface area contributed by atoms with Crippen LogP contribution in [0.2, 0.25) is 5.15 Å². The number of halogens is 2. The van der Waals surface area contributed by atoms with Crippen molar-refractivity contribution >= 4 is 46.0 Å². The molecule has 1 N–H and O–H groups in total. The fourth-order valence-corrected chi connectivity index (χ4v) is 1.47. The summed E-state index contributed by atoms with van der Waals surface area (Å²) in [5.74, 6) is -0.257. The molecular formula is C7H4ClIN4O. The van der Waals surface area contributed by atoms with Crippen molar-refractivity contribution in [2.75, 3.05) is 0 Å². The van der Waals surface area contributed by atoms with Gasteiger partial charge in [-0.25, -0.2) is 9.50 Å². The molecular weight excluding hydrogens is 318 g/mol. The molecule has 0 atom stereocenters. The summed E-state index contributed by atoms with van der Waals surface area (Å²) in [6.07, 6.45) is 1.45. The van der Waals surface area contributed by atoms with Crippen LogP contribution < -0.4 is 3.53 Å². The van der Waals surface area contributed by atoms with Crippen LogP contribution >= 0.6 is 34.5 Å². The molecule has 0 aliphatic carbocycles. The minimum Gasteiger partial charge on any atom is -0.293 e. The van der Waals surface area contributed by atoms with Gasteiger partial charge in [-0.15, -0.1) is 0 Å². The highest BCUT2D eigenvalue weighted by atomic mass is 127. The number of nitrogens with one attached hydrogen (secondary N) is 1. The van der Waals surface area contributed by atoms with Gasteiger partial charge in [0.15, 0.2) is 11.3 Å². The molecule has 0 spiro atoms. The first kappa shape index (κ1) is 9.66. The zero-order valence-corrected chi connectivity index (χ0v) is 9.65. The van der Waals surface area contributed by atoms with E-state index in [0.717, 1.165) is 0 Å². The van der Waals surface area contributed by atoms with E-state index in [9.17, 15) is 4.79 Å². The largest absolute Gasteiger partial charge is 0.293 e. The summed E-state index contributed by atoms with van der Waals surface area (Å²) in [5, 5.41) is 4.28. The molecule has 2 aromatic heterocycles. The number of aromatic nitrogens is 3. The number of imidazole rings is 1. The minimum atomic E-state index is -0.257. The lowest BCUT2D eigenvalue weighted by Crippen LogP contribution is -2.15. The second-order valence-corrected chi connectivity index (χ2v) is 3.42. The van der Waals surface area contributed by atoms with E-state index < -0.39 is 0 Å². The lowest BCUT2D eigenvalue weighted by molar-refractivity contribution is 0.0983. The quantitative estimate of drug-likeness (QED) is 0.639. The highest BCUT2D eigenvalue weighted by molar-refractivity contribution is 14.1. The number of hydrogen-bond acceptors (Lipinski definition) is 3. The van der Waals surface area contributed by atoms with E-state index in [1.54, 1.807) is 35.0 Å².